The molecule has 0 aromatic heterocycles. The van der Waals surface area contributed by atoms with Gasteiger partial charge in [-0.2, -0.15) is 0 Å². The van der Waals surface area contributed by atoms with E-state index in [1.807, 2.05) is 13.8 Å². The molecule has 6 atom stereocenters. The molecule has 118 valence electrons. The monoisotopic (exact) mass is 291 g/mol. The van der Waals surface area contributed by atoms with Crippen molar-refractivity contribution < 1.29 is 30.0 Å². The van der Waals surface area contributed by atoms with Gasteiger partial charge in [0.1, 0.15) is 24.4 Å². The molecule has 0 aromatic carbocycles. The van der Waals surface area contributed by atoms with E-state index in [0.29, 0.717) is 12.3 Å². The molecule has 5 N–H and O–H groups in total. The smallest absolute Gasteiger partial charge is 0.220 e. The number of carbonyl (C=O) groups is 1. The zero-order chi connectivity index (χ0) is 15.3. The molecule has 0 radical (unpaired) electrons. The van der Waals surface area contributed by atoms with E-state index in [1.54, 1.807) is 0 Å². The summed E-state index contributed by atoms with van der Waals surface area (Å²) in [5, 5.41) is 40.7. The van der Waals surface area contributed by atoms with Crippen LogP contribution in [-0.4, -0.2) is 63.6 Å². The standard InChI is InChI=1S/C13H25NO6/c1-3-7(2)4-5-9(16)14-10-12(18)11(17)8(6-15)20-13(10)19/h7-8,10-13,15,17-19H,3-6H2,1-2H3,(H,14,16). The zero-order valence-corrected chi connectivity index (χ0v) is 11.9. The van der Waals surface area contributed by atoms with Crippen LogP contribution < -0.4 is 5.32 Å². The largest absolute Gasteiger partial charge is 0.394 e. The van der Waals surface area contributed by atoms with Gasteiger partial charge in [-0.25, -0.2) is 0 Å². The number of aliphatic hydroxyl groups excluding tert-OH is 4. The lowest BCUT2D eigenvalue weighted by molar-refractivity contribution is -0.253. The van der Waals surface area contributed by atoms with Crippen molar-refractivity contribution in [3.05, 3.63) is 0 Å². The first-order valence-electron chi connectivity index (χ1n) is 7.00. The Hall–Kier alpha value is -0.730. The molecule has 1 aliphatic rings. The summed E-state index contributed by atoms with van der Waals surface area (Å²) in [6, 6.07) is -1.10. The van der Waals surface area contributed by atoms with Crippen molar-refractivity contribution in [1.82, 2.24) is 5.32 Å². The van der Waals surface area contributed by atoms with Gasteiger partial charge in [-0.05, 0) is 12.3 Å². The molecule has 20 heavy (non-hydrogen) atoms. The first-order chi connectivity index (χ1) is 9.40. The Labute approximate surface area is 118 Å². The highest BCUT2D eigenvalue weighted by Gasteiger charge is 2.44. The third-order valence-electron chi connectivity index (χ3n) is 3.79. The molecule has 7 heteroatoms. The summed E-state index contributed by atoms with van der Waals surface area (Å²) in [7, 11) is 0. The van der Waals surface area contributed by atoms with Crippen molar-refractivity contribution in [3.8, 4) is 0 Å². The van der Waals surface area contributed by atoms with Gasteiger partial charge in [0.05, 0.1) is 6.61 Å². The fraction of sp³-hybridized carbons (Fsp3) is 0.923. The van der Waals surface area contributed by atoms with Crippen molar-refractivity contribution in [1.29, 1.82) is 0 Å². The highest BCUT2D eigenvalue weighted by Crippen LogP contribution is 2.20. The predicted molar refractivity (Wildman–Crippen MR) is 70.6 cm³/mol. The summed E-state index contributed by atoms with van der Waals surface area (Å²) in [5.74, 6) is 0.106. The maximum atomic E-state index is 11.8. The molecular weight excluding hydrogens is 266 g/mol. The molecule has 1 heterocycles. The lowest BCUT2D eigenvalue weighted by Crippen LogP contribution is -2.64. The van der Waals surface area contributed by atoms with Crippen LogP contribution in [0.2, 0.25) is 0 Å². The third-order valence-corrected chi connectivity index (χ3v) is 3.79. The topological polar surface area (TPSA) is 119 Å². The van der Waals surface area contributed by atoms with Crippen LogP contribution in [0.5, 0.6) is 0 Å². The second-order valence-electron chi connectivity index (χ2n) is 5.37. The van der Waals surface area contributed by atoms with Crippen LogP contribution in [-0.2, 0) is 9.53 Å². The molecule has 1 saturated heterocycles. The van der Waals surface area contributed by atoms with E-state index in [9.17, 15) is 20.1 Å². The summed E-state index contributed by atoms with van der Waals surface area (Å²) < 4.78 is 4.96. The van der Waals surface area contributed by atoms with Gasteiger partial charge in [0.25, 0.3) is 0 Å². The van der Waals surface area contributed by atoms with Crippen molar-refractivity contribution in [2.75, 3.05) is 6.61 Å². The lowest BCUT2D eigenvalue weighted by Gasteiger charge is -2.40. The Morgan fingerprint density at radius 2 is 1.95 bits per heavy atom. The van der Waals surface area contributed by atoms with Crippen LogP contribution in [0.4, 0.5) is 0 Å². The number of hydrogen-bond donors (Lipinski definition) is 5. The van der Waals surface area contributed by atoms with Crippen molar-refractivity contribution >= 4 is 5.91 Å². The van der Waals surface area contributed by atoms with Crippen LogP contribution in [0.1, 0.15) is 33.1 Å². The summed E-state index contributed by atoms with van der Waals surface area (Å²) in [5.41, 5.74) is 0. The number of amides is 1. The molecule has 1 fully saturated rings. The molecule has 1 aliphatic heterocycles. The second-order valence-corrected chi connectivity index (χ2v) is 5.37. The highest BCUT2D eigenvalue weighted by atomic mass is 16.6. The number of carbonyl (C=O) groups excluding carboxylic acids is 1. The first kappa shape index (κ1) is 17.3. The van der Waals surface area contributed by atoms with Crippen molar-refractivity contribution in [2.45, 2.75) is 63.8 Å². The minimum atomic E-state index is -1.46. The number of ether oxygens (including phenoxy) is 1. The van der Waals surface area contributed by atoms with Gasteiger partial charge in [-0.3, -0.25) is 4.79 Å². The molecule has 0 aliphatic carbocycles. The second kappa shape index (κ2) is 7.90. The lowest BCUT2D eigenvalue weighted by atomic mass is 9.96. The van der Waals surface area contributed by atoms with Gasteiger partial charge in [0.15, 0.2) is 6.29 Å². The fourth-order valence-electron chi connectivity index (χ4n) is 2.09. The van der Waals surface area contributed by atoms with Crippen LogP contribution in [0.25, 0.3) is 0 Å². The Morgan fingerprint density at radius 1 is 1.30 bits per heavy atom. The third kappa shape index (κ3) is 4.39. The van der Waals surface area contributed by atoms with E-state index >= 15 is 0 Å². The maximum absolute atomic E-state index is 11.8. The number of rotatable bonds is 6. The van der Waals surface area contributed by atoms with Crippen LogP contribution >= 0.6 is 0 Å². The average molecular weight is 291 g/mol. The molecule has 1 rings (SSSR count). The molecule has 1 amide bonds. The van der Waals surface area contributed by atoms with E-state index in [0.717, 1.165) is 6.42 Å². The van der Waals surface area contributed by atoms with Gasteiger partial charge in [-0.1, -0.05) is 20.3 Å². The molecule has 0 spiro atoms. The van der Waals surface area contributed by atoms with Gasteiger partial charge >= 0.3 is 0 Å². The van der Waals surface area contributed by atoms with E-state index in [2.05, 4.69) is 5.32 Å². The summed E-state index contributed by atoms with van der Waals surface area (Å²) >= 11 is 0. The highest BCUT2D eigenvalue weighted by molar-refractivity contribution is 5.76. The van der Waals surface area contributed by atoms with Gasteiger partial charge in [-0.15, -0.1) is 0 Å². The van der Waals surface area contributed by atoms with E-state index < -0.39 is 37.3 Å². The number of aliphatic hydroxyl groups is 4. The predicted octanol–water partition coefficient (Wildman–Crippen LogP) is -1.27. The van der Waals surface area contributed by atoms with E-state index in [1.165, 1.54) is 0 Å². The van der Waals surface area contributed by atoms with E-state index in [4.69, 9.17) is 9.84 Å². The van der Waals surface area contributed by atoms with Gasteiger partial charge < -0.3 is 30.5 Å². The molecule has 7 nitrogen and oxygen atoms in total. The number of hydrogen-bond acceptors (Lipinski definition) is 6. The van der Waals surface area contributed by atoms with Crippen molar-refractivity contribution in [3.63, 3.8) is 0 Å². The molecule has 0 aromatic rings. The first-order valence-corrected chi connectivity index (χ1v) is 7.00. The molecule has 0 bridgehead atoms. The van der Waals surface area contributed by atoms with Crippen molar-refractivity contribution in [2.24, 2.45) is 5.92 Å². The minimum Gasteiger partial charge on any atom is -0.394 e. The molecule has 0 saturated carbocycles. The fourth-order valence-corrected chi connectivity index (χ4v) is 2.09. The van der Waals surface area contributed by atoms with Crippen LogP contribution in [0, 0.1) is 5.92 Å². The molecule has 6 unspecified atom stereocenters. The average Bonchev–Trinajstić information content (AvgIpc) is 2.44. The summed E-state index contributed by atoms with van der Waals surface area (Å²) in [6.07, 6.45) is -3.30. The van der Waals surface area contributed by atoms with Crippen LogP contribution in [0.15, 0.2) is 0 Å². The van der Waals surface area contributed by atoms with Gasteiger partial charge in [0, 0.05) is 6.42 Å². The quantitative estimate of drug-likeness (QED) is 0.416. The number of nitrogens with one attached hydrogen (secondary N) is 1. The summed E-state index contributed by atoms with van der Waals surface area (Å²) in [6.45, 7) is 3.55. The Kier molecular flexibility index (Phi) is 6.84. The zero-order valence-electron chi connectivity index (χ0n) is 11.9. The molecular formula is C13H25NO6. The maximum Gasteiger partial charge on any atom is 0.220 e. The van der Waals surface area contributed by atoms with Gasteiger partial charge in [0.2, 0.25) is 5.91 Å². The Morgan fingerprint density at radius 3 is 2.50 bits per heavy atom. The Balaban J connectivity index is 2.51. The Bertz CT molecular complexity index is 313. The summed E-state index contributed by atoms with van der Waals surface area (Å²) in [4.78, 5) is 11.8. The van der Waals surface area contributed by atoms with E-state index in [-0.39, 0.29) is 12.3 Å². The normalized spacial score (nSPS) is 35.6. The SMILES string of the molecule is CCC(C)CCC(=O)NC1C(O)OC(CO)C(O)C1O. The van der Waals surface area contributed by atoms with Crippen LogP contribution in [0.3, 0.4) is 0 Å². The minimum absolute atomic E-state index is 0.282.